The number of nitrogens with two attached hydrogens (primary N) is 1. The maximum Gasteiger partial charge on any atom is 0.00793 e. The summed E-state index contributed by atoms with van der Waals surface area (Å²) in [5.41, 5.74) is 6.30. The summed E-state index contributed by atoms with van der Waals surface area (Å²) in [6.07, 6.45) is 14.0. The molecule has 0 aromatic carbocycles. The van der Waals surface area contributed by atoms with Gasteiger partial charge < -0.3 is 10.6 Å². The van der Waals surface area contributed by atoms with Crippen molar-refractivity contribution in [2.45, 2.75) is 77.2 Å². The molecule has 0 bridgehead atoms. The lowest BCUT2D eigenvalue weighted by molar-refractivity contribution is 0.124. The number of piperidine rings is 1. The second-order valence-corrected chi connectivity index (χ2v) is 6.97. The molecule has 0 spiro atoms. The van der Waals surface area contributed by atoms with Gasteiger partial charge in [0.15, 0.2) is 0 Å². The minimum atomic E-state index is 0.481. The van der Waals surface area contributed by atoms with E-state index < -0.39 is 0 Å². The second kappa shape index (κ2) is 8.26. The molecule has 1 saturated carbocycles. The standard InChI is InChI=1S/C17H34N2/c1-2-3-4-8-15-9-7-12-19(13-15)14-16-10-5-6-11-17(16)18/h15-17H,2-14,18H2,1H3. The summed E-state index contributed by atoms with van der Waals surface area (Å²) >= 11 is 0. The van der Waals surface area contributed by atoms with Gasteiger partial charge in [-0.3, -0.25) is 0 Å². The highest BCUT2D eigenvalue weighted by atomic mass is 15.1. The lowest BCUT2D eigenvalue weighted by Crippen LogP contribution is -2.44. The fraction of sp³-hybridized carbons (Fsp3) is 1.00. The van der Waals surface area contributed by atoms with Crippen molar-refractivity contribution in [3.63, 3.8) is 0 Å². The van der Waals surface area contributed by atoms with E-state index in [0.29, 0.717) is 6.04 Å². The fourth-order valence-corrected chi connectivity index (χ4v) is 4.03. The van der Waals surface area contributed by atoms with Crippen LogP contribution in [0.2, 0.25) is 0 Å². The fourth-order valence-electron chi connectivity index (χ4n) is 4.03. The number of likely N-dealkylation sites (tertiary alicyclic amines) is 1. The molecule has 2 nitrogen and oxygen atoms in total. The number of hydrogen-bond acceptors (Lipinski definition) is 2. The predicted molar refractivity (Wildman–Crippen MR) is 83.2 cm³/mol. The Morgan fingerprint density at radius 3 is 2.68 bits per heavy atom. The van der Waals surface area contributed by atoms with Crippen molar-refractivity contribution < 1.29 is 0 Å². The van der Waals surface area contributed by atoms with Crippen LogP contribution in [0.3, 0.4) is 0 Å². The lowest BCUT2D eigenvalue weighted by Gasteiger charge is -2.38. The zero-order valence-electron chi connectivity index (χ0n) is 12.9. The van der Waals surface area contributed by atoms with E-state index in [0.717, 1.165) is 11.8 Å². The van der Waals surface area contributed by atoms with E-state index >= 15 is 0 Å². The molecule has 112 valence electrons. The van der Waals surface area contributed by atoms with Crippen molar-refractivity contribution in [3.05, 3.63) is 0 Å². The lowest BCUT2D eigenvalue weighted by atomic mass is 9.84. The van der Waals surface area contributed by atoms with Gasteiger partial charge in [-0.05, 0) is 50.5 Å². The van der Waals surface area contributed by atoms with Crippen molar-refractivity contribution in [1.29, 1.82) is 0 Å². The van der Waals surface area contributed by atoms with Crippen LogP contribution in [0.25, 0.3) is 0 Å². The number of hydrogen-bond donors (Lipinski definition) is 1. The van der Waals surface area contributed by atoms with Crippen LogP contribution in [0.5, 0.6) is 0 Å². The van der Waals surface area contributed by atoms with Crippen molar-refractivity contribution >= 4 is 0 Å². The minimum Gasteiger partial charge on any atom is -0.327 e. The molecule has 0 amide bonds. The normalized spacial score (nSPS) is 33.5. The first kappa shape index (κ1) is 15.3. The first-order valence-corrected chi connectivity index (χ1v) is 8.77. The van der Waals surface area contributed by atoms with Gasteiger partial charge in [-0.25, -0.2) is 0 Å². The van der Waals surface area contributed by atoms with Crippen molar-refractivity contribution in [2.24, 2.45) is 17.6 Å². The van der Waals surface area contributed by atoms with Gasteiger partial charge in [0.2, 0.25) is 0 Å². The topological polar surface area (TPSA) is 29.3 Å². The van der Waals surface area contributed by atoms with Gasteiger partial charge in [-0.15, -0.1) is 0 Å². The van der Waals surface area contributed by atoms with E-state index in [1.54, 1.807) is 0 Å². The molecule has 1 aliphatic heterocycles. The van der Waals surface area contributed by atoms with E-state index in [1.165, 1.54) is 83.8 Å². The number of rotatable bonds is 6. The molecule has 0 aromatic heterocycles. The monoisotopic (exact) mass is 266 g/mol. The molecule has 0 radical (unpaired) electrons. The quantitative estimate of drug-likeness (QED) is 0.741. The molecule has 1 heterocycles. The van der Waals surface area contributed by atoms with Crippen LogP contribution in [0, 0.1) is 11.8 Å². The third-order valence-electron chi connectivity index (χ3n) is 5.28. The summed E-state index contributed by atoms with van der Waals surface area (Å²) < 4.78 is 0. The summed E-state index contributed by atoms with van der Waals surface area (Å²) in [6.45, 7) is 6.27. The zero-order valence-corrected chi connectivity index (χ0v) is 12.9. The molecular formula is C17H34N2. The van der Waals surface area contributed by atoms with Gasteiger partial charge in [0.05, 0.1) is 0 Å². The summed E-state index contributed by atoms with van der Waals surface area (Å²) in [5.74, 6) is 1.75. The van der Waals surface area contributed by atoms with Crippen LogP contribution in [0.4, 0.5) is 0 Å². The Morgan fingerprint density at radius 2 is 1.89 bits per heavy atom. The van der Waals surface area contributed by atoms with E-state index in [1.807, 2.05) is 0 Å². The molecule has 2 fully saturated rings. The smallest absolute Gasteiger partial charge is 0.00793 e. The Morgan fingerprint density at radius 1 is 1.05 bits per heavy atom. The van der Waals surface area contributed by atoms with E-state index in [-0.39, 0.29) is 0 Å². The van der Waals surface area contributed by atoms with Crippen LogP contribution in [0.15, 0.2) is 0 Å². The molecule has 2 heteroatoms. The molecule has 0 aromatic rings. The molecular weight excluding hydrogens is 232 g/mol. The molecule has 3 unspecified atom stereocenters. The zero-order chi connectivity index (χ0) is 13.5. The van der Waals surface area contributed by atoms with Crippen LogP contribution < -0.4 is 5.73 Å². The first-order chi connectivity index (χ1) is 9.29. The predicted octanol–water partition coefficient (Wildman–Crippen LogP) is 3.80. The van der Waals surface area contributed by atoms with Crippen molar-refractivity contribution in [2.75, 3.05) is 19.6 Å². The molecule has 2 rings (SSSR count). The number of nitrogens with zero attached hydrogens (tertiary/aromatic N) is 1. The van der Waals surface area contributed by atoms with Crippen LogP contribution in [-0.4, -0.2) is 30.6 Å². The Hall–Kier alpha value is -0.0800. The third-order valence-corrected chi connectivity index (χ3v) is 5.28. The highest BCUT2D eigenvalue weighted by Crippen LogP contribution is 2.27. The Balaban J connectivity index is 1.70. The van der Waals surface area contributed by atoms with E-state index in [2.05, 4.69) is 11.8 Å². The summed E-state index contributed by atoms with van der Waals surface area (Å²) in [5, 5.41) is 0. The minimum absolute atomic E-state index is 0.481. The van der Waals surface area contributed by atoms with Crippen LogP contribution in [0.1, 0.15) is 71.1 Å². The van der Waals surface area contributed by atoms with Crippen molar-refractivity contribution in [3.8, 4) is 0 Å². The van der Waals surface area contributed by atoms with E-state index in [4.69, 9.17) is 5.73 Å². The van der Waals surface area contributed by atoms with Gasteiger partial charge in [-0.2, -0.15) is 0 Å². The van der Waals surface area contributed by atoms with Gasteiger partial charge in [0, 0.05) is 19.1 Å². The van der Waals surface area contributed by atoms with Gasteiger partial charge in [-0.1, -0.05) is 39.0 Å². The SMILES string of the molecule is CCCCCC1CCCN(CC2CCCCC2N)C1. The van der Waals surface area contributed by atoms with Gasteiger partial charge >= 0.3 is 0 Å². The molecule has 2 N–H and O–H groups in total. The average molecular weight is 266 g/mol. The summed E-state index contributed by atoms with van der Waals surface area (Å²) in [7, 11) is 0. The highest BCUT2D eigenvalue weighted by Gasteiger charge is 2.26. The molecule has 3 atom stereocenters. The summed E-state index contributed by atoms with van der Waals surface area (Å²) in [4.78, 5) is 2.73. The average Bonchev–Trinajstić information content (AvgIpc) is 2.42. The maximum absolute atomic E-state index is 6.30. The second-order valence-electron chi connectivity index (χ2n) is 6.97. The highest BCUT2D eigenvalue weighted by molar-refractivity contribution is 4.82. The van der Waals surface area contributed by atoms with Crippen molar-refractivity contribution in [1.82, 2.24) is 4.90 Å². The number of unbranched alkanes of at least 4 members (excludes halogenated alkanes) is 2. The van der Waals surface area contributed by atoms with E-state index in [9.17, 15) is 0 Å². The maximum atomic E-state index is 6.30. The van der Waals surface area contributed by atoms with Crippen LogP contribution >= 0.6 is 0 Å². The largest absolute Gasteiger partial charge is 0.327 e. The molecule has 19 heavy (non-hydrogen) atoms. The van der Waals surface area contributed by atoms with Gasteiger partial charge in [0.1, 0.15) is 0 Å². The molecule has 1 saturated heterocycles. The Labute approximate surface area is 120 Å². The Bertz CT molecular complexity index is 241. The van der Waals surface area contributed by atoms with Gasteiger partial charge in [0.25, 0.3) is 0 Å². The van der Waals surface area contributed by atoms with Crippen LogP contribution in [-0.2, 0) is 0 Å². The third kappa shape index (κ3) is 5.07. The summed E-state index contributed by atoms with van der Waals surface area (Å²) in [6, 6.07) is 0.481. The first-order valence-electron chi connectivity index (χ1n) is 8.77. The molecule has 1 aliphatic carbocycles. The molecule has 2 aliphatic rings. The Kier molecular flexibility index (Phi) is 6.66.